The summed E-state index contributed by atoms with van der Waals surface area (Å²) in [6.07, 6.45) is 2.23. The standard InChI is InChI=1S/C12H12O2/c13-11-6-5-9-7-8-3-1-2-4-10(8)12(9,11)14/h1-4,9,14H,5-7H2/t9-,12-/m1/s1. The largest absolute Gasteiger partial charge is 0.377 e. The second kappa shape index (κ2) is 2.45. The first kappa shape index (κ1) is 8.18. The molecule has 1 aromatic rings. The van der Waals surface area contributed by atoms with Crippen LogP contribution >= 0.6 is 0 Å². The Balaban J connectivity index is 2.22. The average Bonchev–Trinajstić information content (AvgIpc) is 2.63. The summed E-state index contributed by atoms with van der Waals surface area (Å²) < 4.78 is 0. The molecule has 72 valence electrons. The van der Waals surface area contributed by atoms with Crippen molar-refractivity contribution in [1.29, 1.82) is 0 Å². The van der Waals surface area contributed by atoms with Crippen LogP contribution in [0.4, 0.5) is 0 Å². The zero-order chi connectivity index (χ0) is 9.76. The van der Waals surface area contributed by atoms with Crippen LogP contribution in [0, 0.1) is 5.92 Å². The van der Waals surface area contributed by atoms with Crippen molar-refractivity contribution in [3.8, 4) is 0 Å². The highest BCUT2D eigenvalue weighted by Gasteiger charge is 2.54. The smallest absolute Gasteiger partial charge is 0.169 e. The van der Waals surface area contributed by atoms with Crippen molar-refractivity contribution >= 4 is 5.78 Å². The van der Waals surface area contributed by atoms with Gasteiger partial charge in [0.2, 0.25) is 0 Å². The molecule has 0 aliphatic heterocycles. The third kappa shape index (κ3) is 0.775. The predicted octanol–water partition coefficient (Wildman–Crippen LogP) is 1.41. The predicted molar refractivity (Wildman–Crippen MR) is 51.8 cm³/mol. The Morgan fingerprint density at radius 3 is 3.00 bits per heavy atom. The van der Waals surface area contributed by atoms with E-state index >= 15 is 0 Å². The van der Waals surface area contributed by atoms with Crippen LogP contribution in [-0.4, -0.2) is 10.9 Å². The van der Waals surface area contributed by atoms with Gasteiger partial charge in [-0.15, -0.1) is 0 Å². The molecular weight excluding hydrogens is 176 g/mol. The summed E-state index contributed by atoms with van der Waals surface area (Å²) in [7, 11) is 0. The average molecular weight is 188 g/mol. The lowest BCUT2D eigenvalue weighted by Crippen LogP contribution is -2.33. The van der Waals surface area contributed by atoms with Crippen molar-refractivity contribution in [2.24, 2.45) is 5.92 Å². The van der Waals surface area contributed by atoms with Gasteiger partial charge in [-0.05, 0) is 24.0 Å². The molecule has 1 aromatic carbocycles. The highest BCUT2D eigenvalue weighted by Crippen LogP contribution is 2.49. The number of hydrogen-bond donors (Lipinski definition) is 1. The van der Waals surface area contributed by atoms with Gasteiger partial charge in [0.15, 0.2) is 11.4 Å². The van der Waals surface area contributed by atoms with Gasteiger partial charge < -0.3 is 5.11 Å². The first-order valence-electron chi connectivity index (χ1n) is 5.07. The summed E-state index contributed by atoms with van der Waals surface area (Å²) in [4.78, 5) is 11.7. The van der Waals surface area contributed by atoms with Crippen molar-refractivity contribution in [3.63, 3.8) is 0 Å². The fourth-order valence-electron chi connectivity index (χ4n) is 2.89. The summed E-state index contributed by atoms with van der Waals surface area (Å²) in [5.74, 6) is 0.139. The van der Waals surface area contributed by atoms with E-state index in [2.05, 4.69) is 0 Å². The Morgan fingerprint density at radius 1 is 1.36 bits per heavy atom. The number of aliphatic hydroxyl groups is 1. The number of ketones is 1. The van der Waals surface area contributed by atoms with Crippen LogP contribution in [0.3, 0.4) is 0 Å². The second-order valence-corrected chi connectivity index (χ2v) is 4.29. The van der Waals surface area contributed by atoms with Gasteiger partial charge in [0, 0.05) is 12.3 Å². The number of benzene rings is 1. The Bertz CT molecular complexity index is 411. The fraction of sp³-hybridized carbons (Fsp3) is 0.417. The van der Waals surface area contributed by atoms with Crippen molar-refractivity contribution in [2.75, 3.05) is 0 Å². The summed E-state index contributed by atoms with van der Waals surface area (Å²) in [6.45, 7) is 0. The van der Waals surface area contributed by atoms with Gasteiger partial charge in [0.05, 0.1) is 0 Å². The van der Waals surface area contributed by atoms with Crippen LogP contribution in [0.15, 0.2) is 24.3 Å². The van der Waals surface area contributed by atoms with Crippen molar-refractivity contribution in [1.82, 2.24) is 0 Å². The van der Waals surface area contributed by atoms with E-state index in [1.54, 1.807) is 0 Å². The minimum atomic E-state index is -1.14. The lowest BCUT2D eigenvalue weighted by Gasteiger charge is -2.21. The number of carbonyl (C=O) groups is 1. The zero-order valence-electron chi connectivity index (χ0n) is 7.86. The normalized spacial score (nSPS) is 34.4. The number of Topliss-reactive ketones (excluding diaryl/α,β-unsaturated/α-hetero) is 1. The third-order valence-electron chi connectivity index (χ3n) is 3.63. The van der Waals surface area contributed by atoms with Crippen LogP contribution in [-0.2, 0) is 16.8 Å². The molecule has 2 atom stereocenters. The number of fused-ring (bicyclic) bond motifs is 3. The topological polar surface area (TPSA) is 37.3 Å². The Morgan fingerprint density at radius 2 is 2.14 bits per heavy atom. The minimum Gasteiger partial charge on any atom is -0.377 e. The molecule has 2 aliphatic rings. The molecule has 2 nitrogen and oxygen atoms in total. The van der Waals surface area contributed by atoms with E-state index < -0.39 is 5.60 Å². The van der Waals surface area contributed by atoms with Crippen molar-refractivity contribution in [3.05, 3.63) is 35.4 Å². The van der Waals surface area contributed by atoms with Gasteiger partial charge in [-0.2, -0.15) is 0 Å². The first-order chi connectivity index (χ1) is 6.73. The van der Waals surface area contributed by atoms with Crippen molar-refractivity contribution in [2.45, 2.75) is 24.9 Å². The summed E-state index contributed by atoms with van der Waals surface area (Å²) in [5, 5.41) is 10.4. The summed E-state index contributed by atoms with van der Waals surface area (Å²) in [5.41, 5.74) is 0.858. The maximum atomic E-state index is 11.7. The molecule has 3 rings (SSSR count). The van der Waals surface area contributed by atoms with Gasteiger partial charge in [-0.1, -0.05) is 24.3 Å². The molecule has 0 aromatic heterocycles. The highest BCUT2D eigenvalue weighted by molar-refractivity contribution is 5.92. The Hall–Kier alpha value is -1.15. The van der Waals surface area contributed by atoms with E-state index in [9.17, 15) is 9.90 Å². The van der Waals surface area contributed by atoms with E-state index in [0.717, 1.165) is 24.0 Å². The molecule has 1 fully saturated rings. The van der Waals surface area contributed by atoms with E-state index in [0.29, 0.717) is 6.42 Å². The van der Waals surface area contributed by atoms with Crippen LogP contribution in [0.25, 0.3) is 0 Å². The van der Waals surface area contributed by atoms with E-state index in [1.807, 2.05) is 24.3 Å². The maximum absolute atomic E-state index is 11.7. The summed E-state index contributed by atoms with van der Waals surface area (Å²) >= 11 is 0. The van der Waals surface area contributed by atoms with E-state index in [4.69, 9.17) is 0 Å². The third-order valence-corrected chi connectivity index (χ3v) is 3.63. The maximum Gasteiger partial charge on any atom is 0.169 e. The molecule has 1 saturated carbocycles. The van der Waals surface area contributed by atoms with Crippen LogP contribution in [0.2, 0.25) is 0 Å². The molecule has 0 spiro atoms. The molecule has 2 aliphatic carbocycles. The molecule has 0 bridgehead atoms. The summed E-state index contributed by atoms with van der Waals surface area (Å²) in [6, 6.07) is 7.76. The van der Waals surface area contributed by atoms with Crippen LogP contribution in [0.1, 0.15) is 24.0 Å². The quantitative estimate of drug-likeness (QED) is 0.668. The Kier molecular flexibility index (Phi) is 1.43. The lowest BCUT2D eigenvalue weighted by atomic mass is 9.90. The molecule has 2 heteroatoms. The van der Waals surface area contributed by atoms with E-state index in [1.165, 1.54) is 0 Å². The fourth-order valence-corrected chi connectivity index (χ4v) is 2.89. The van der Waals surface area contributed by atoms with Gasteiger partial charge in [0.25, 0.3) is 0 Å². The monoisotopic (exact) mass is 188 g/mol. The molecule has 0 unspecified atom stereocenters. The van der Waals surface area contributed by atoms with Crippen LogP contribution in [0.5, 0.6) is 0 Å². The molecular formula is C12H12O2. The highest BCUT2D eigenvalue weighted by atomic mass is 16.3. The van der Waals surface area contributed by atoms with Gasteiger partial charge in [-0.25, -0.2) is 0 Å². The molecule has 1 N–H and O–H groups in total. The molecule has 0 amide bonds. The minimum absolute atomic E-state index is 0.00690. The van der Waals surface area contributed by atoms with Crippen molar-refractivity contribution < 1.29 is 9.90 Å². The lowest BCUT2D eigenvalue weighted by molar-refractivity contribution is -0.136. The zero-order valence-corrected chi connectivity index (χ0v) is 7.86. The van der Waals surface area contributed by atoms with Gasteiger partial charge in [0.1, 0.15) is 0 Å². The molecule has 0 radical (unpaired) electrons. The van der Waals surface area contributed by atoms with Gasteiger partial charge in [-0.3, -0.25) is 4.79 Å². The second-order valence-electron chi connectivity index (χ2n) is 4.29. The molecule has 0 heterocycles. The SMILES string of the molecule is O=C1CC[C@@H]2Cc3ccccc3[C@@]12O. The molecule has 0 saturated heterocycles. The van der Waals surface area contributed by atoms with E-state index in [-0.39, 0.29) is 11.7 Å². The Labute approximate surface area is 82.6 Å². The number of carbonyl (C=O) groups excluding carboxylic acids is 1. The number of hydrogen-bond acceptors (Lipinski definition) is 2. The van der Waals surface area contributed by atoms with Gasteiger partial charge >= 0.3 is 0 Å². The van der Waals surface area contributed by atoms with Crippen LogP contribution < -0.4 is 0 Å². The first-order valence-corrected chi connectivity index (χ1v) is 5.07. The number of rotatable bonds is 0. The molecule has 14 heavy (non-hydrogen) atoms.